The summed E-state index contributed by atoms with van der Waals surface area (Å²) in [5, 5.41) is 4.66. The molecule has 1 aliphatic heterocycles. The van der Waals surface area contributed by atoms with Gasteiger partial charge in [0, 0.05) is 5.75 Å². The van der Waals surface area contributed by atoms with Gasteiger partial charge in [0.15, 0.2) is 0 Å². The van der Waals surface area contributed by atoms with Crippen LogP contribution in [0.2, 0.25) is 0 Å². The van der Waals surface area contributed by atoms with Gasteiger partial charge < -0.3 is 5.32 Å². The number of carbonyl (C=O) groups excluding carboxylic acids is 2. The highest BCUT2D eigenvalue weighted by Gasteiger charge is 2.27. The number of carbonyl (C=O) groups is 2. The first-order valence-corrected chi connectivity index (χ1v) is 6.15. The molecule has 3 nitrogen and oxygen atoms in total. The topological polar surface area (TPSA) is 46.2 Å². The Morgan fingerprint density at radius 3 is 3.00 bits per heavy atom. The second kappa shape index (κ2) is 4.14. The van der Waals surface area contributed by atoms with Crippen LogP contribution in [0.1, 0.15) is 16.1 Å². The lowest BCUT2D eigenvalue weighted by Crippen LogP contribution is -2.36. The highest BCUT2D eigenvalue weighted by molar-refractivity contribution is 8.14. The van der Waals surface area contributed by atoms with Crippen molar-refractivity contribution in [3.05, 3.63) is 22.4 Å². The fourth-order valence-corrected chi connectivity index (χ4v) is 2.82. The van der Waals surface area contributed by atoms with Crippen LogP contribution in [0.15, 0.2) is 17.5 Å². The molecular formula is C9H9NO2S2. The molecule has 14 heavy (non-hydrogen) atoms. The van der Waals surface area contributed by atoms with Gasteiger partial charge in [-0.3, -0.25) is 9.59 Å². The molecule has 1 aliphatic rings. The molecule has 0 spiro atoms. The summed E-state index contributed by atoms with van der Waals surface area (Å²) in [5.41, 5.74) is 0. The minimum absolute atomic E-state index is 0.0786. The molecular weight excluding hydrogens is 218 g/mol. The van der Waals surface area contributed by atoms with Gasteiger partial charge in [0.1, 0.15) is 0 Å². The third-order valence-corrected chi connectivity index (χ3v) is 3.86. The Bertz CT molecular complexity index is 348. The smallest absolute Gasteiger partial charge is 0.261 e. The summed E-state index contributed by atoms with van der Waals surface area (Å²) in [6, 6.07) is 3.30. The third-order valence-electron chi connectivity index (χ3n) is 1.99. The monoisotopic (exact) mass is 227 g/mol. The van der Waals surface area contributed by atoms with E-state index >= 15 is 0 Å². The number of hydrogen-bond acceptors (Lipinski definition) is 4. The molecule has 1 aromatic heterocycles. The summed E-state index contributed by atoms with van der Waals surface area (Å²) < 4.78 is 0. The van der Waals surface area contributed by atoms with E-state index in [-0.39, 0.29) is 17.1 Å². The fraction of sp³-hybridized carbons (Fsp3) is 0.333. The Kier molecular flexibility index (Phi) is 2.88. The lowest BCUT2D eigenvalue weighted by molar-refractivity contribution is -0.112. The van der Waals surface area contributed by atoms with Gasteiger partial charge in [-0.1, -0.05) is 17.8 Å². The zero-order chi connectivity index (χ0) is 9.97. The second-order valence-electron chi connectivity index (χ2n) is 2.96. The second-order valence-corrected chi connectivity index (χ2v) is 5.01. The zero-order valence-electron chi connectivity index (χ0n) is 7.36. The molecule has 1 aromatic rings. The zero-order valence-corrected chi connectivity index (χ0v) is 8.99. The first kappa shape index (κ1) is 9.73. The SMILES string of the molecule is O=C(N[C@@H]1CCSC1=O)c1cccs1. The van der Waals surface area contributed by atoms with Crippen molar-refractivity contribution in [3.8, 4) is 0 Å². The van der Waals surface area contributed by atoms with Crippen molar-refractivity contribution in [2.24, 2.45) is 0 Å². The van der Waals surface area contributed by atoms with Crippen LogP contribution in [0.5, 0.6) is 0 Å². The van der Waals surface area contributed by atoms with Gasteiger partial charge in [0.25, 0.3) is 5.91 Å². The molecule has 74 valence electrons. The predicted molar refractivity (Wildman–Crippen MR) is 57.7 cm³/mol. The van der Waals surface area contributed by atoms with Crippen molar-refractivity contribution in [2.75, 3.05) is 5.75 Å². The van der Waals surface area contributed by atoms with Gasteiger partial charge in [-0.05, 0) is 17.9 Å². The van der Waals surface area contributed by atoms with Gasteiger partial charge in [-0.25, -0.2) is 0 Å². The Labute approximate surface area is 89.9 Å². The van der Waals surface area contributed by atoms with Gasteiger partial charge in [0.05, 0.1) is 10.9 Å². The Balaban J connectivity index is 1.98. The van der Waals surface area contributed by atoms with E-state index in [2.05, 4.69) is 5.32 Å². The van der Waals surface area contributed by atoms with Crippen LogP contribution in [0.3, 0.4) is 0 Å². The molecule has 1 amide bonds. The molecule has 0 aliphatic carbocycles. The van der Waals surface area contributed by atoms with Crippen molar-refractivity contribution in [2.45, 2.75) is 12.5 Å². The molecule has 0 radical (unpaired) electrons. The number of rotatable bonds is 2. The number of thiophene rings is 1. The maximum absolute atomic E-state index is 11.5. The molecule has 2 rings (SSSR count). The van der Waals surface area contributed by atoms with E-state index in [9.17, 15) is 9.59 Å². The van der Waals surface area contributed by atoms with E-state index in [0.717, 1.165) is 12.2 Å². The lowest BCUT2D eigenvalue weighted by atomic mass is 10.2. The van der Waals surface area contributed by atoms with Gasteiger partial charge >= 0.3 is 0 Å². The molecule has 1 atom stereocenters. The fourth-order valence-electron chi connectivity index (χ4n) is 1.26. The first-order chi connectivity index (χ1) is 6.77. The normalized spacial score (nSPS) is 21.1. The average molecular weight is 227 g/mol. The van der Waals surface area contributed by atoms with Crippen LogP contribution in [0.25, 0.3) is 0 Å². The minimum Gasteiger partial charge on any atom is -0.341 e. The summed E-state index contributed by atoms with van der Waals surface area (Å²) in [6.07, 6.45) is 0.751. The van der Waals surface area contributed by atoms with Crippen molar-refractivity contribution < 1.29 is 9.59 Å². The summed E-state index contributed by atoms with van der Waals surface area (Å²) >= 11 is 2.68. The van der Waals surface area contributed by atoms with E-state index < -0.39 is 0 Å². The number of hydrogen-bond donors (Lipinski definition) is 1. The van der Waals surface area contributed by atoms with E-state index in [4.69, 9.17) is 0 Å². The van der Waals surface area contributed by atoms with Crippen LogP contribution in [0, 0.1) is 0 Å². The van der Waals surface area contributed by atoms with Crippen molar-refractivity contribution in [1.82, 2.24) is 5.32 Å². The largest absolute Gasteiger partial charge is 0.341 e. The number of amides is 1. The standard InChI is InChI=1S/C9H9NO2S2/c11-8(7-2-1-4-13-7)10-6-3-5-14-9(6)12/h1-2,4,6H,3,5H2,(H,10,11)/t6-/m1/s1. The van der Waals surface area contributed by atoms with Gasteiger partial charge in [-0.2, -0.15) is 0 Å². The van der Waals surface area contributed by atoms with Crippen molar-refractivity contribution in [1.29, 1.82) is 0 Å². The van der Waals surface area contributed by atoms with Crippen LogP contribution in [-0.4, -0.2) is 22.8 Å². The molecule has 0 bridgehead atoms. The van der Waals surface area contributed by atoms with Crippen LogP contribution < -0.4 is 5.32 Å². The highest BCUT2D eigenvalue weighted by Crippen LogP contribution is 2.20. The molecule has 2 heterocycles. The molecule has 1 saturated heterocycles. The van der Waals surface area contributed by atoms with E-state index in [1.165, 1.54) is 23.1 Å². The Morgan fingerprint density at radius 1 is 1.57 bits per heavy atom. The maximum Gasteiger partial charge on any atom is 0.261 e. The van der Waals surface area contributed by atoms with E-state index in [1.54, 1.807) is 6.07 Å². The summed E-state index contributed by atoms with van der Waals surface area (Å²) in [6.45, 7) is 0. The highest BCUT2D eigenvalue weighted by atomic mass is 32.2. The van der Waals surface area contributed by atoms with Crippen LogP contribution in [0.4, 0.5) is 0 Å². The van der Waals surface area contributed by atoms with Gasteiger partial charge in [-0.15, -0.1) is 11.3 Å². The Hall–Kier alpha value is -0.810. The van der Waals surface area contributed by atoms with Crippen molar-refractivity contribution >= 4 is 34.1 Å². The van der Waals surface area contributed by atoms with E-state index in [0.29, 0.717) is 4.88 Å². The summed E-state index contributed by atoms with van der Waals surface area (Å²) in [5.74, 6) is 0.676. The van der Waals surface area contributed by atoms with Crippen molar-refractivity contribution in [3.63, 3.8) is 0 Å². The number of nitrogens with one attached hydrogen (secondary N) is 1. The lowest BCUT2D eigenvalue weighted by Gasteiger charge is -2.08. The van der Waals surface area contributed by atoms with E-state index in [1.807, 2.05) is 11.4 Å². The predicted octanol–water partition coefficient (Wildman–Crippen LogP) is 1.51. The number of thioether (sulfide) groups is 1. The average Bonchev–Trinajstić information content (AvgIpc) is 2.77. The maximum atomic E-state index is 11.5. The third kappa shape index (κ3) is 1.99. The minimum atomic E-state index is -0.283. The quantitative estimate of drug-likeness (QED) is 0.833. The summed E-state index contributed by atoms with van der Waals surface area (Å²) in [7, 11) is 0. The summed E-state index contributed by atoms with van der Waals surface area (Å²) in [4.78, 5) is 23.4. The first-order valence-electron chi connectivity index (χ1n) is 4.28. The molecule has 1 N–H and O–H groups in total. The van der Waals surface area contributed by atoms with Crippen LogP contribution >= 0.6 is 23.1 Å². The molecule has 0 saturated carbocycles. The Morgan fingerprint density at radius 2 is 2.43 bits per heavy atom. The molecule has 0 aromatic carbocycles. The van der Waals surface area contributed by atoms with Gasteiger partial charge in [0.2, 0.25) is 5.12 Å². The molecule has 5 heteroatoms. The van der Waals surface area contributed by atoms with Crippen LogP contribution in [-0.2, 0) is 4.79 Å². The molecule has 1 fully saturated rings. The molecule has 0 unspecified atom stereocenters.